The van der Waals surface area contributed by atoms with Gasteiger partial charge in [0.2, 0.25) is 5.91 Å². The van der Waals surface area contributed by atoms with Crippen LogP contribution in [0.15, 0.2) is 12.7 Å². The van der Waals surface area contributed by atoms with Gasteiger partial charge in [-0.3, -0.25) is 9.36 Å². The number of fused-ring (bicyclic) bond motifs is 1. The zero-order chi connectivity index (χ0) is 29.3. The summed E-state index contributed by atoms with van der Waals surface area (Å²) in [5, 5.41) is 3.33. The minimum Gasteiger partial charge on any atom is -0.379 e. The van der Waals surface area contributed by atoms with Crippen molar-refractivity contribution in [1.82, 2.24) is 19.5 Å². The lowest BCUT2D eigenvalue weighted by Crippen LogP contribution is -2.39. The van der Waals surface area contributed by atoms with E-state index in [9.17, 15) is 4.79 Å². The number of unbranched alkanes of at least 4 members (excludes halogenated alkanes) is 7. The minimum absolute atomic E-state index is 0.258. The molecule has 0 spiro atoms. The molecular weight excluding hydrogens is 524 g/mol. The molecule has 232 valence electrons. The highest BCUT2D eigenvalue weighted by Gasteiger charge is 2.48. The molecule has 1 aliphatic heterocycles. The van der Waals surface area contributed by atoms with E-state index in [4.69, 9.17) is 24.7 Å². The zero-order valence-corrected chi connectivity index (χ0v) is 25.4. The first kappa shape index (κ1) is 33.2. The van der Waals surface area contributed by atoms with E-state index in [2.05, 4.69) is 41.0 Å². The lowest BCUT2D eigenvalue weighted by atomic mass is 10.1. The number of nitrogens with zero attached hydrogens (tertiary/aromatic N) is 4. The van der Waals surface area contributed by atoms with Crippen molar-refractivity contribution in [2.75, 3.05) is 38.3 Å². The van der Waals surface area contributed by atoms with Gasteiger partial charge in [-0.25, -0.2) is 15.0 Å². The van der Waals surface area contributed by atoms with Crippen LogP contribution in [-0.4, -0.2) is 76.7 Å². The molecule has 0 radical (unpaired) electrons. The summed E-state index contributed by atoms with van der Waals surface area (Å²) >= 11 is 0. The van der Waals surface area contributed by atoms with Crippen LogP contribution >= 0.6 is 0 Å². The van der Waals surface area contributed by atoms with Crippen LogP contribution in [0, 0.1) is 0 Å². The highest BCUT2D eigenvalue weighted by atomic mass is 16.6. The quantitative estimate of drug-likeness (QED) is 0.172. The maximum Gasteiger partial charge on any atom is 0.217 e. The fourth-order valence-electron chi connectivity index (χ4n) is 5.04. The molecular formula is C30H52N6O5. The highest BCUT2D eigenvalue weighted by Crippen LogP contribution is 2.36. The number of hydrogen-bond acceptors (Lipinski definition) is 9. The first-order valence-electron chi connectivity index (χ1n) is 15.8. The third-order valence-corrected chi connectivity index (χ3v) is 7.35. The number of amides is 1. The molecule has 2 aromatic heterocycles. The van der Waals surface area contributed by atoms with Crippen molar-refractivity contribution in [3.8, 4) is 0 Å². The number of ether oxygens (including phenoxy) is 4. The Hall–Kier alpha value is -2.34. The van der Waals surface area contributed by atoms with Crippen molar-refractivity contribution >= 4 is 22.9 Å². The van der Waals surface area contributed by atoms with Crippen molar-refractivity contribution in [2.24, 2.45) is 5.73 Å². The summed E-state index contributed by atoms with van der Waals surface area (Å²) in [5.41, 5.74) is 6.58. The standard InChI is InChI=1S/C30H52N6O5/c1-4-7-12-17-38-20-23-26(39-18-13-8-5-2)27(40-19-14-9-6-3)30(41-23)36-22-35-25-28(33-21-34-29(25)36)32-16-11-10-15-24(31)37/h21-23,26-27,30H,4-20H2,1-3H3,(H2,31,37)(H,32,33,34). The zero-order valence-electron chi connectivity index (χ0n) is 25.4. The second-order valence-electron chi connectivity index (χ2n) is 10.8. The fraction of sp³-hybridized carbons (Fsp3) is 0.800. The molecule has 1 amide bonds. The smallest absolute Gasteiger partial charge is 0.217 e. The number of anilines is 1. The number of aromatic nitrogens is 4. The van der Waals surface area contributed by atoms with Crippen molar-refractivity contribution in [3.63, 3.8) is 0 Å². The summed E-state index contributed by atoms with van der Waals surface area (Å²) in [6.07, 6.45) is 13.7. The number of carbonyl (C=O) groups excluding carboxylic acids is 1. The van der Waals surface area contributed by atoms with E-state index >= 15 is 0 Å². The van der Waals surface area contributed by atoms with Gasteiger partial charge in [0.1, 0.15) is 24.6 Å². The Balaban J connectivity index is 1.79. The average Bonchev–Trinajstić information content (AvgIpc) is 3.54. The van der Waals surface area contributed by atoms with Crippen molar-refractivity contribution in [3.05, 3.63) is 12.7 Å². The summed E-state index contributed by atoms with van der Waals surface area (Å²) in [7, 11) is 0. The maximum atomic E-state index is 11.0. The van der Waals surface area contributed by atoms with Crippen LogP contribution in [0.5, 0.6) is 0 Å². The maximum absolute atomic E-state index is 11.0. The van der Waals surface area contributed by atoms with Crippen LogP contribution in [0.4, 0.5) is 5.82 Å². The molecule has 2 aromatic rings. The number of carbonyl (C=O) groups is 1. The highest BCUT2D eigenvalue weighted by molar-refractivity contribution is 5.82. The molecule has 1 fully saturated rings. The van der Waals surface area contributed by atoms with Crippen LogP contribution in [0.1, 0.15) is 104 Å². The van der Waals surface area contributed by atoms with Gasteiger partial charge in [0.15, 0.2) is 23.2 Å². The average molecular weight is 577 g/mol. The number of primary amides is 1. The predicted molar refractivity (Wildman–Crippen MR) is 160 cm³/mol. The number of nitrogens with one attached hydrogen (secondary N) is 1. The van der Waals surface area contributed by atoms with Gasteiger partial charge in [-0.2, -0.15) is 0 Å². The molecule has 0 aliphatic carbocycles. The van der Waals surface area contributed by atoms with Gasteiger partial charge in [0, 0.05) is 32.8 Å². The van der Waals surface area contributed by atoms with E-state index in [1.165, 1.54) is 6.33 Å². The van der Waals surface area contributed by atoms with Gasteiger partial charge in [-0.1, -0.05) is 59.3 Å². The summed E-state index contributed by atoms with van der Waals surface area (Å²) in [6, 6.07) is 0. The summed E-state index contributed by atoms with van der Waals surface area (Å²) in [4.78, 5) is 24.7. The summed E-state index contributed by atoms with van der Waals surface area (Å²) < 4.78 is 27.7. The van der Waals surface area contributed by atoms with Crippen LogP contribution < -0.4 is 11.1 Å². The molecule has 0 aromatic carbocycles. The number of imidazole rings is 1. The first-order valence-corrected chi connectivity index (χ1v) is 15.8. The van der Waals surface area contributed by atoms with Crippen LogP contribution in [-0.2, 0) is 23.7 Å². The molecule has 11 nitrogen and oxygen atoms in total. The molecule has 3 heterocycles. The molecule has 0 bridgehead atoms. The van der Waals surface area contributed by atoms with E-state index in [-0.39, 0.29) is 24.2 Å². The van der Waals surface area contributed by atoms with Crippen LogP contribution in [0.25, 0.3) is 11.2 Å². The van der Waals surface area contributed by atoms with Gasteiger partial charge >= 0.3 is 0 Å². The Labute approximate surface area is 245 Å². The molecule has 41 heavy (non-hydrogen) atoms. The Morgan fingerprint density at radius 2 is 1.59 bits per heavy atom. The van der Waals surface area contributed by atoms with E-state index in [0.717, 1.165) is 70.6 Å². The predicted octanol–water partition coefficient (Wildman–Crippen LogP) is 5.15. The first-order chi connectivity index (χ1) is 20.1. The lowest BCUT2D eigenvalue weighted by molar-refractivity contribution is -0.118. The molecule has 4 atom stereocenters. The van der Waals surface area contributed by atoms with Crippen LogP contribution in [0.2, 0.25) is 0 Å². The number of rotatable bonds is 23. The second kappa shape index (κ2) is 19.0. The molecule has 11 heteroatoms. The van der Waals surface area contributed by atoms with Gasteiger partial charge in [0.25, 0.3) is 0 Å². The fourth-order valence-corrected chi connectivity index (χ4v) is 5.04. The molecule has 3 N–H and O–H groups in total. The molecule has 4 unspecified atom stereocenters. The largest absolute Gasteiger partial charge is 0.379 e. The normalized spacial score (nSPS) is 20.7. The van der Waals surface area contributed by atoms with Gasteiger partial charge in [0.05, 0.1) is 12.9 Å². The van der Waals surface area contributed by atoms with Crippen LogP contribution in [0.3, 0.4) is 0 Å². The van der Waals surface area contributed by atoms with Gasteiger partial charge < -0.3 is 30.0 Å². The Bertz CT molecular complexity index is 1000. The molecule has 0 saturated carbocycles. The SMILES string of the molecule is CCCCCOCC1OC(n2cnc3c(NCCCCC(N)=O)ncnc32)C(OCCCCC)C1OCCCCC. The lowest BCUT2D eigenvalue weighted by Gasteiger charge is -2.25. The van der Waals surface area contributed by atoms with Crippen molar-refractivity contribution in [1.29, 1.82) is 0 Å². The Morgan fingerprint density at radius 3 is 2.27 bits per heavy atom. The van der Waals surface area contributed by atoms with Gasteiger partial charge in [-0.05, 0) is 32.1 Å². The van der Waals surface area contributed by atoms with E-state index in [1.54, 1.807) is 6.33 Å². The third kappa shape index (κ3) is 10.5. The van der Waals surface area contributed by atoms with Crippen molar-refractivity contribution < 1.29 is 23.7 Å². The second-order valence-corrected chi connectivity index (χ2v) is 10.8. The third-order valence-electron chi connectivity index (χ3n) is 7.35. The summed E-state index contributed by atoms with van der Waals surface area (Å²) in [5.74, 6) is 0.364. The molecule has 3 rings (SSSR count). The molecule has 1 saturated heterocycles. The minimum atomic E-state index is -0.458. The topological polar surface area (TPSA) is 136 Å². The number of nitrogens with two attached hydrogens (primary N) is 1. The van der Waals surface area contributed by atoms with E-state index < -0.39 is 6.23 Å². The monoisotopic (exact) mass is 576 g/mol. The molecule has 1 aliphatic rings. The van der Waals surface area contributed by atoms with Crippen molar-refractivity contribution in [2.45, 2.75) is 122 Å². The Kier molecular flexibility index (Phi) is 15.3. The number of hydrogen-bond donors (Lipinski definition) is 2. The van der Waals surface area contributed by atoms with E-state index in [0.29, 0.717) is 56.4 Å². The van der Waals surface area contributed by atoms with E-state index in [1.807, 2.05) is 4.57 Å². The summed E-state index contributed by atoms with van der Waals surface area (Å²) in [6.45, 7) is 9.68. The Morgan fingerprint density at radius 1 is 0.902 bits per heavy atom. The van der Waals surface area contributed by atoms with Gasteiger partial charge in [-0.15, -0.1) is 0 Å².